The van der Waals surface area contributed by atoms with Gasteiger partial charge in [0, 0.05) is 6.20 Å². The van der Waals surface area contributed by atoms with E-state index in [-0.39, 0.29) is 5.82 Å². The first-order valence-corrected chi connectivity index (χ1v) is 4.80. The molecule has 1 aromatic heterocycles. The summed E-state index contributed by atoms with van der Waals surface area (Å²) in [4.78, 5) is 14.8. The average molecular weight is 269 g/mol. The number of ether oxygens (including phenoxy) is 1. The lowest BCUT2D eigenvalue weighted by atomic mass is 10.4. The van der Waals surface area contributed by atoms with Crippen molar-refractivity contribution in [3.63, 3.8) is 0 Å². The Morgan fingerprint density at radius 3 is 2.71 bits per heavy atom. The van der Waals surface area contributed by atoms with E-state index >= 15 is 0 Å². The van der Waals surface area contributed by atoms with Crippen LogP contribution in [0.25, 0.3) is 0 Å². The molecule has 0 spiro atoms. The van der Waals surface area contributed by atoms with Gasteiger partial charge in [-0.3, -0.25) is 4.79 Å². The number of carbonyl (C=O) groups excluding carboxylic acids is 1. The van der Waals surface area contributed by atoms with Crippen LogP contribution < -0.4 is 5.32 Å². The number of rotatable bonds is 4. The largest absolute Gasteiger partial charge is 0.411 e. The molecule has 1 amide bonds. The van der Waals surface area contributed by atoms with Crippen molar-refractivity contribution in [2.24, 2.45) is 0 Å². The van der Waals surface area contributed by atoms with Crippen LogP contribution in [0.2, 0.25) is 5.02 Å². The molecule has 17 heavy (non-hydrogen) atoms. The molecule has 1 heterocycles. The molecule has 1 rings (SSSR count). The number of halogens is 4. The van der Waals surface area contributed by atoms with E-state index < -0.39 is 25.3 Å². The minimum absolute atomic E-state index is 0.190. The summed E-state index contributed by atoms with van der Waals surface area (Å²) in [6.45, 7) is -2.15. The Kier molecular flexibility index (Phi) is 4.71. The van der Waals surface area contributed by atoms with Crippen molar-refractivity contribution >= 4 is 23.3 Å². The molecule has 0 aliphatic heterocycles. The fraction of sp³-hybridized carbons (Fsp3) is 0.333. The molecule has 8 heteroatoms. The van der Waals surface area contributed by atoms with E-state index in [1.807, 2.05) is 0 Å². The summed E-state index contributed by atoms with van der Waals surface area (Å²) in [5, 5.41) is 2.64. The van der Waals surface area contributed by atoms with E-state index in [1.165, 1.54) is 18.3 Å². The molecule has 0 aromatic carbocycles. The number of pyridine rings is 1. The fourth-order valence-corrected chi connectivity index (χ4v) is 1.000. The maximum absolute atomic E-state index is 11.7. The summed E-state index contributed by atoms with van der Waals surface area (Å²) >= 11 is 5.56. The fourth-order valence-electron chi connectivity index (χ4n) is 0.888. The number of hydrogen-bond acceptors (Lipinski definition) is 3. The average Bonchev–Trinajstić information content (AvgIpc) is 2.19. The van der Waals surface area contributed by atoms with E-state index in [0.717, 1.165) is 0 Å². The van der Waals surface area contributed by atoms with Gasteiger partial charge in [-0.05, 0) is 12.1 Å². The van der Waals surface area contributed by atoms with Gasteiger partial charge in [-0.15, -0.1) is 0 Å². The molecule has 94 valence electrons. The molecule has 0 saturated carbocycles. The van der Waals surface area contributed by atoms with Gasteiger partial charge in [0.2, 0.25) is 0 Å². The van der Waals surface area contributed by atoms with E-state index in [0.29, 0.717) is 5.02 Å². The highest BCUT2D eigenvalue weighted by Gasteiger charge is 2.27. The van der Waals surface area contributed by atoms with Crippen molar-refractivity contribution in [3.05, 3.63) is 23.4 Å². The number of carbonyl (C=O) groups is 1. The Balaban J connectivity index is 2.32. The molecule has 0 atom stereocenters. The quantitative estimate of drug-likeness (QED) is 0.911. The second-order valence-electron chi connectivity index (χ2n) is 3.02. The first-order chi connectivity index (χ1) is 7.87. The number of nitrogens with one attached hydrogen (secondary N) is 1. The van der Waals surface area contributed by atoms with Gasteiger partial charge in [0.15, 0.2) is 0 Å². The van der Waals surface area contributed by atoms with Crippen molar-refractivity contribution in [2.75, 3.05) is 18.5 Å². The molecule has 0 aliphatic carbocycles. The monoisotopic (exact) mass is 268 g/mol. The highest BCUT2D eigenvalue weighted by molar-refractivity contribution is 6.30. The van der Waals surface area contributed by atoms with Crippen LogP contribution in [-0.2, 0) is 9.53 Å². The molecule has 4 nitrogen and oxygen atoms in total. The number of alkyl halides is 3. The van der Waals surface area contributed by atoms with Crippen molar-refractivity contribution in [2.45, 2.75) is 6.18 Å². The van der Waals surface area contributed by atoms with E-state index in [2.05, 4.69) is 15.0 Å². The van der Waals surface area contributed by atoms with Crippen LogP contribution in [0, 0.1) is 0 Å². The Bertz CT molecular complexity index is 381. The molecule has 0 unspecified atom stereocenters. The Morgan fingerprint density at radius 2 is 2.18 bits per heavy atom. The van der Waals surface area contributed by atoms with Crippen molar-refractivity contribution in [3.8, 4) is 0 Å². The van der Waals surface area contributed by atoms with Gasteiger partial charge >= 0.3 is 6.18 Å². The number of amides is 1. The maximum Gasteiger partial charge on any atom is 0.411 e. The van der Waals surface area contributed by atoms with Crippen molar-refractivity contribution < 1.29 is 22.7 Å². The van der Waals surface area contributed by atoms with Gasteiger partial charge < -0.3 is 10.1 Å². The minimum atomic E-state index is -4.45. The molecule has 0 aliphatic rings. The first kappa shape index (κ1) is 13.7. The second-order valence-corrected chi connectivity index (χ2v) is 3.45. The predicted octanol–water partition coefficient (Wildman–Crippen LogP) is 2.25. The third kappa shape index (κ3) is 6.08. The highest BCUT2D eigenvalue weighted by atomic mass is 35.5. The van der Waals surface area contributed by atoms with Crippen LogP contribution in [-0.4, -0.2) is 30.3 Å². The van der Waals surface area contributed by atoms with Gasteiger partial charge in [-0.2, -0.15) is 13.2 Å². The normalized spacial score (nSPS) is 11.3. The van der Waals surface area contributed by atoms with Gasteiger partial charge in [0.05, 0.1) is 5.02 Å². The zero-order chi connectivity index (χ0) is 12.9. The molecule has 1 N–H and O–H groups in total. The number of hydrogen-bond donors (Lipinski definition) is 1. The molecular weight excluding hydrogens is 261 g/mol. The number of anilines is 1. The van der Waals surface area contributed by atoms with Crippen molar-refractivity contribution in [1.82, 2.24) is 4.98 Å². The summed E-state index contributed by atoms with van der Waals surface area (Å²) in [5.74, 6) is -0.529. The summed E-state index contributed by atoms with van der Waals surface area (Å²) in [6.07, 6.45) is -3.15. The van der Waals surface area contributed by atoms with Crippen LogP contribution in [0.5, 0.6) is 0 Å². The van der Waals surface area contributed by atoms with Gasteiger partial charge in [0.25, 0.3) is 5.91 Å². The molecular formula is C9H8ClF3N2O2. The summed E-state index contributed by atoms with van der Waals surface area (Å²) in [6, 6.07) is 2.91. The van der Waals surface area contributed by atoms with E-state index in [1.54, 1.807) is 0 Å². The molecule has 0 radical (unpaired) electrons. The van der Waals surface area contributed by atoms with Crippen LogP contribution in [0.15, 0.2) is 18.3 Å². The van der Waals surface area contributed by atoms with Crippen LogP contribution >= 0.6 is 11.6 Å². The maximum atomic E-state index is 11.7. The predicted molar refractivity (Wildman–Crippen MR) is 54.8 cm³/mol. The Hall–Kier alpha value is -1.34. The van der Waals surface area contributed by atoms with Crippen molar-refractivity contribution in [1.29, 1.82) is 0 Å². The molecule has 0 saturated heterocycles. The molecule has 1 aromatic rings. The lowest BCUT2D eigenvalue weighted by Crippen LogP contribution is -2.24. The summed E-state index contributed by atoms with van der Waals surface area (Å²) in [5.41, 5.74) is 0. The molecule has 0 fully saturated rings. The zero-order valence-corrected chi connectivity index (χ0v) is 9.18. The Morgan fingerprint density at radius 1 is 1.47 bits per heavy atom. The number of nitrogens with zero attached hydrogens (tertiary/aromatic N) is 1. The number of aromatic nitrogens is 1. The van der Waals surface area contributed by atoms with Crippen LogP contribution in [0.3, 0.4) is 0 Å². The van der Waals surface area contributed by atoms with Crippen LogP contribution in [0.4, 0.5) is 19.0 Å². The topological polar surface area (TPSA) is 51.2 Å². The van der Waals surface area contributed by atoms with Gasteiger partial charge in [-0.1, -0.05) is 11.6 Å². The summed E-state index contributed by atoms with van der Waals surface area (Å²) < 4.78 is 39.2. The highest BCUT2D eigenvalue weighted by Crippen LogP contribution is 2.14. The molecule has 0 bridgehead atoms. The summed E-state index contributed by atoms with van der Waals surface area (Å²) in [7, 11) is 0. The van der Waals surface area contributed by atoms with Gasteiger partial charge in [0.1, 0.15) is 19.0 Å². The minimum Gasteiger partial charge on any atom is -0.362 e. The first-order valence-electron chi connectivity index (χ1n) is 4.43. The Labute approximate surface area is 99.7 Å². The SMILES string of the molecule is O=C(COCC(F)(F)F)Nc1ccc(Cl)cn1. The van der Waals surface area contributed by atoms with E-state index in [9.17, 15) is 18.0 Å². The van der Waals surface area contributed by atoms with Gasteiger partial charge in [-0.25, -0.2) is 4.98 Å². The van der Waals surface area contributed by atoms with Crippen LogP contribution in [0.1, 0.15) is 0 Å². The zero-order valence-electron chi connectivity index (χ0n) is 8.42. The standard InChI is InChI=1S/C9H8ClF3N2O2/c10-6-1-2-7(14-3-6)15-8(16)4-17-5-9(11,12)13/h1-3H,4-5H2,(H,14,15,16). The lowest BCUT2D eigenvalue weighted by molar-refractivity contribution is -0.174. The smallest absolute Gasteiger partial charge is 0.362 e. The van der Waals surface area contributed by atoms with E-state index in [4.69, 9.17) is 11.6 Å². The lowest BCUT2D eigenvalue weighted by Gasteiger charge is -2.07. The third-order valence-electron chi connectivity index (χ3n) is 1.49. The second kappa shape index (κ2) is 5.83. The third-order valence-corrected chi connectivity index (χ3v) is 1.72.